The molecule has 1 unspecified atom stereocenters. The van der Waals surface area contributed by atoms with Crippen molar-refractivity contribution < 1.29 is 9.18 Å². The zero-order valence-electron chi connectivity index (χ0n) is 14.1. The van der Waals surface area contributed by atoms with Crippen LogP contribution >= 0.6 is 0 Å². The van der Waals surface area contributed by atoms with Gasteiger partial charge in [0, 0.05) is 18.5 Å². The number of hydrogen-bond acceptors (Lipinski definition) is 1. The average molecular weight is 317 g/mol. The zero-order chi connectivity index (χ0) is 16.2. The Morgan fingerprint density at radius 1 is 1.04 bits per heavy atom. The molecule has 23 heavy (non-hydrogen) atoms. The molecular formula is C20H28FNO. The molecule has 2 aliphatic carbocycles. The van der Waals surface area contributed by atoms with E-state index in [1.807, 2.05) is 12.1 Å². The van der Waals surface area contributed by atoms with Crippen LogP contribution in [-0.2, 0) is 4.79 Å². The van der Waals surface area contributed by atoms with Crippen LogP contribution in [0.4, 0.5) is 4.39 Å². The van der Waals surface area contributed by atoms with Crippen molar-refractivity contribution in [2.75, 3.05) is 0 Å². The van der Waals surface area contributed by atoms with Gasteiger partial charge in [-0.25, -0.2) is 4.39 Å². The Labute approximate surface area is 139 Å². The zero-order valence-corrected chi connectivity index (χ0v) is 14.1. The highest BCUT2D eigenvalue weighted by Gasteiger charge is 2.34. The largest absolute Gasteiger partial charge is 0.337 e. The number of nitrogens with zero attached hydrogens (tertiary/aromatic N) is 1. The molecule has 2 aliphatic rings. The molecule has 2 saturated carbocycles. The molecule has 1 aromatic rings. The Morgan fingerprint density at radius 3 is 2.00 bits per heavy atom. The average Bonchev–Trinajstić information content (AvgIpc) is 3.22. The fraction of sp³-hybridized carbons (Fsp3) is 0.650. The van der Waals surface area contributed by atoms with Crippen LogP contribution in [0.1, 0.15) is 76.2 Å². The SMILES string of the molecule is CC(CC(=O)N(C1CCCC1)C1CCCC1)c1ccc(F)cc1. The Morgan fingerprint density at radius 2 is 1.52 bits per heavy atom. The predicted octanol–water partition coefficient (Wildman–Crippen LogP) is 5.03. The number of halogens is 1. The van der Waals surface area contributed by atoms with Gasteiger partial charge in [0.05, 0.1) is 0 Å². The van der Waals surface area contributed by atoms with Gasteiger partial charge in [0.15, 0.2) is 0 Å². The van der Waals surface area contributed by atoms with Gasteiger partial charge in [0.2, 0.25) is 5.91 Å². The van der Waals surface area contributed by atoms with Gasteiger partial charge in [-0.1, -0.05) is 44.7 Å². The maximum Gasteiger partial charge on any atom is 0.223 e. The molecule has 2 fully saturated rings. The molecule has 3 heteroatoms. The Kier molecular flexibility index (Phi) is 5.34. The van der Waals surface area contributed by atoms with Crippen molar-refractivity contribution in [3.8, 4) is 0 Å². The van der Waals surface area contributed by atoms with Crippen molar-refractivity contribution in [1.29, 1.82) is 0 Å². The van der Waals surface area contributed by atoms with Gasteiger partial charge in [-0.15, -0.1) is 0 Å². The monoisotopic (exact) mass is 317 g/mol. The molecule has 0 radical (unpaired) electrons. The fourth-order valence-electron chi connectivity index (χ4n) is 4.35. The molecule has 1 amide bonds. The van der Waals surface area contributed by atoms with Crippen molar-refractivity contribution in [2.45, 2.75) is 82.7 Å². The highest BCUT2D eigenvalue weighted by molar-refractivity contribution is 5.78. The molecule has 126 valence electrons. The van der Waals surface area contributed by atoms with Gasteiger partial charge < -0.3 is 4.90 Å². The van der Waals surface area contributed by atoms with E-state index in [0.29, 0.717) is 24.4 Å². The summed E-state index contributed by atoms with van der Waals surface area (Å²) in [4.78, 5) is 15.3. The minimum Gasteiger partial charge on any atom is -0.337 e. The summed E-state index contributed by atoms with van der Waals surface area (Å²) in [6.45, 7) is 2.08. The van der Waals surface area contributed by atoms with E-state index in [0.717, 1.165) is 5.56 Å². The van der Waals surface area contributed by atoms with E-state index < -0.39 is 0 Å². The molecule has 0 bridgehead atoms. The molecule has 0 heterocycles. The topological polar surface area (TPSA) is 20.3 Å². The number of benzene rings is 1. The lowest BCUT2D eigenvalue weighted by molar-refractivity contribution is -0.136. The number of amides is 1. The highest BCUT2D eigenvalue weighted by atomic mass is 19.1. The summed E-state index contributed by atoms with van der Waals surface area (Å²) in [5, 5.41) is 0. The van der Waals surface area contributed by atoms with Crippen molar-refractivity contribution in [1.82, 2.24) is 4.90 Å². The van der Waals surface area contributed by atoms with Crippen LogP contribution in [0, 0.1) is 5.82 Å². The predicted molar refractivity (Wildman–Crippen MR) is 90.8 cm³/mol. The van der Waals surface area contributed by atoms with E-state index in [1.165, 1.54) is 63.5 Å². The third kappa shape index (κ3) is 3.94. The summed E-state index contributed by atoms with van der Waals surface area (Å²) in [6, 6.07) is 7.52. The van der Waals surface area contributed by atoms with E-state index in [1.54, 1.807) is 0 Å². The Bertz CT molecular complexity index is 499. The van der Waals surface area contributed by atoms with E-state index in [9.17, 15) is 9.18 Å². The van der Waals surface area contributed by atoms with Crippen molar-refractivity contribution in [2.24, 2.45) is 0 Å². The van der Waals surface area contributed by atoms with E-state index >= 15 is 0 Å². The fourth-order valence-corrected chi connectivity index (χ4v) is 4.35. The summed E-state index contributed by atoms with van der Waals surface area (Å²) in [5.74, 6) is 0.236. The van der Waals surface area contributed by atoms with Crippen molar-refractivity contribution in [3.63, 3.8) is 0 Å². The standard InChI is InChI=1S/C20H28FNO/c1-15(16-10-12-17(21)13-11-16)14-20(23)22(18-6-2-3-7-18)19-8-4-5-9-19/h10-13,15,18-19H,2-9,14H2,1H3. The lowest BCUT2D eigenvalue weighted by Crippen LogP contribution is -2.45. The minimum atomic E-state index is -0.217. The lowest BCUT2D eigenvalue weighted by Gasteiger charge is -2.35. The van der Waals surface area contributed by atoms with E-state index in [4.69, 9.17) is 0 Å². The molecule has 0 aromatic heterocycles. The number of carbonyl (C=O) groups excluding carboxylic acids is 1. The highest BCUT2D eigenvalue weighted by Crippen LogP contribution is 2.33. The summed E-state index contributed by atoms with van der Waals surface area (Å²) in [5.41, 5.74) is 1.05. The van der Waals surface area contributed by atoms with Crippen molar-refractivity contribution >= 4 is 5.91 Å². The number of rotatable bonds is 5. The third-order valence-electron chi connectivity index (χ3n) is 5.64. The van der Waals surface area contributed by atoms with Crippen LogP contribution in [0.25, 0.3) is 0 Å². The molecule has 3 rings (SSSR count). The van der Waals surface area contributed by atoms with Crippen molar-refractivity contribution in [3.05, 3.63) is 35.6 Å². The van der Waals surface area contributed by atoms with E-state index in [2.05, 4.69) is 11.8 Å². The summed E-state index contributed by atoms with van der Waals surface area (Å²) < 4.78 is 13.1. The van der Waals surface area contributed by atoms with Crippen LogP contribution in [0.3, 0.4) is 0 Å². The van der Waals surface area contributed by atoms with E-state index in [-0.39, 0.29) is 11.7 Å². The third-order valence-corrected chi connectivity index (χ3v) is 5.64. The summed E-state index contributed by atoms with van der Waals surface area (Å²) >= 11 is 0. The number of carbonyl (C=O) groups is 1. The normalized spacial score (nSPS) is 20.8. The first-order valence-corrected chi connectivity index (χ1v) is 9.22. The van der Waals surface area contributed by atoms with Crippen LogP contribution in [0.15, 0.2) is 24.3 Å². The van der Waals surface area contributed by atoms with Gasteiger partial charge in [-0.2, -0.15) is 0 Å². The maximum absolute atomic E-state index is 13.1. The van der Waals surface area contributed by atoms with Gasteiger partial charge in [-0.3, -0.25) is 4.79 Å². The molecule has 0 N–H and O–H groups in total. The second kappa shape index (κ2) is 7.46. The molecule has 1 atom stereocenters. The Balaban J connectivity index is 1.68. The van der Waals surface area contributed by atoms with Gasteiger partial charge in [-0.05, 0) is 49.3 Å². The van der Waals surface area contributed by atoms with Crippen LogP contribution in [0.5, 0.6) is 0 Å². The molecule has 0 aliphatic heterocycles. The lowest BCUT2D eigenvalue weighted by atomic mass is 9.96. The van der Waals surface area contributed by atoms with Gasteiger partial charge >= 0.3 is 0 Å². The minimum absolute atomic E-state index is 0.147. The van der Waals surface area contributed by atoms with Gasteiger partial charge in [0.1, 0.15) is 5.82 Å². The second-order valence-corrected chi connectivity index (χ2v) is 7.33. The molecular weight excluding hydrogens is 289 g/mol. The summed E-state index contributed by atoms with van der Waals surface area (Å²) in [6.07, 6.45) is 10.3. The number of hydrogen-bond donors (Lipinski definition) is 0. The van der Waals surface area contributed by atoms with Crippen LogP contribution in [0.2, 0.25) is 0 Å². The van der Waals surface area contributed by atoms with Gasteiger partial charge in [0.25, 0.3) is 0 Å². The maximum atomic E-state index is 13.1. The molecule has 1 aromatic carbocycles. The molecule has 0 saturated heterocycles. The molecule has 2 nitrogen and oxygen atoms in total. The smallest absolute Gasteiger partial charge is 0.223 e. The van der Waals surface area contributed by atoms with Crippen LogP contribution in [-0.4, -0.2) is 22.9 Å². The first-order valence-electron chi connectivity index (χ1n) is 9.22. The first-order chi connectivity index (χ1) is 11.1. The van der Waals surface area contributed by atoms with Crippen LogP contribution < -0.4 is 0 Å². The molecule has 0 spiro atoms. The Hall–Kier alpha value is -1.38. The first kappa shape index (κ1) is 16.5. The quantitative estimate of drug-likeness (QED) is 0.745. The second-order valence-electron chi connectivity index (χ2n) is 7.33. The summed E-state index contributed by atoms with van der Waals surface area (Å²) in [7, 11) is 0.